The third-order valence-corrected chi connectivity index (χ3v) is 15.7. The Bertz CT molecular complexity index is 1800. The summed E-state index contributed by atoms with van der Waals surface area (Å²) >= 11 is 0. The van der Waals surface area contributed by atoms with Crippen LogP contribution in [0.5, 0.6) is 0 Å². The van der Waals surface area contributed by atoms with Gasteiger partial charge in [0.1, 0.15) is 24.4 Å². The Morgan fingerprint density at radius 2 is 0.847 bits per heavy atom. The molecular formula is C74H127NO10. The Morgan fingerprint density at radius 1 is 0.471 bits per heavy atom. The smallest absolute Gasteiger partial charge is 0.306 e. The first-order chi connectivity index (χ1) is 41.7. The number of aliphatic hydroxyl groups excluding tert-OH is 5. The molecule has 1 aliphatic heterocycles. The zero-order valence-electron chi connectivity index (χ0n) is 54.2. The molecule has 0 spiro atoms. The van der Waals surface area contributed by atoms with Crippen LogP contribution in [0.15, 0.2) is 109 Å². The van der Waals surface area contributed by atoms with Gasteiger partial charge in [0.25, 0.3) is 0 Å². The quantitative estimate of drug-likeness (QED) is 0.0195. The molecule has 6 N–H and O–H groups in total. The molecule has 0 radical (unpaired) electrons. The lowest BCUT2D eigenvalue weighted by Gasteiger charge is -2.41. The van der Waals surface area contributed by atoms with Crippen molar-refractivity contribution in [2.45, 2.75) is 333 Å². The molecule has 0 bridgehead atoms. The van der Waals surface area contributed by atoms with Gasteiger partial charge in [0.05, 0.1) is 25.4 Å². The number of ether oxygens (including phenoxy) is 3. The topological polar surface area (TPSA) is 175 Å². The highest BCUT2D eigenvalue weighted by atomic mass is 16.7. The predicted octanol–water partition coefficient (Wildman–Crippen LogP) is 17.6. The summed E-state index contributed by atoms with van der Waals surface area (Å²) in [5.41, 5.74) is 0. The molecule has 0 saturated carbocycles. The fraction of sp³-hybridized carbons (Fsp3) is 0.730. The highest BCUT2D eigenvalue weighted by Gasteiger charge is 2.47. The van der Waals surface area contributed by atoms with Crippen molar-refractivity contribution in [1.82, 2.24) is 5.32 Å². The van der Waals surface area contributed by atoms with Gasteiger partial charge >= 0.3 is 5.97 Å². The highest BCUT2D eigenvalue weighted by molar-refractivity contribution is 5.80. The standard InChI is InChI=1S/C74H127NO10/c1-4-7-10-13-16-19-22-24-26-28-30-31-32-33-34-35-36-38-39-41-43-46-49-52-55-58-61-67(78)73(82)75-65(66(77)60-57-54-51-48-45-21-18-15-12-9-6-3)64-83-74-72(71(81)70(80)68(63-76)84-74)85-69(79)62-59-56-53-50-47-44-42-40-37-29-27-25-23-20-17-14-11-8-5-2/h8,11,16-17,19-20,24-27,30-31,37,40,44,47,57,60,65-68,70-72,74,76-78,80-81H,4-7,9-10,12-15,18,21-23,28-29,32-36,38-39,41-43,45-46,48-56,58-59,61-64H2,1-3H3,(H,75,82)/b11-8-,19-16-,20-17-,26-24-,27-25-,31-30-,40-37-,47-44-,60-57+. The van der Waals surface area contributed by atoms with Gasteiger partial charge in [-0.15, -0.1) is 0 Å². The van der Waals surface area contributed by atoms with Crippen molar-refractivity contribution < 1.29 is 49.3 Å². The minimum atomic E-state index is -1.63. The van der Waals surface area contributed by atoms with Gasteiger partial charge in [-0.05, 0) is 109 Å². The molecule has 0 aromatic rings. The largest absolute Gasteiger partial charge is 0.454 e. The van der Waals surface area contributed by atoms with E-state index in [1.54, 1.807) is 6.08 Å². The molecule has 488 valence electrons. The number of esters is 1. The van der Waals surface area contributed by atoms with Crippen molar-refractivity contribution in [3.8, 4) is 0 Å². The minimum Gasteiger partial charge on any atom is -0.454 e. The van der Waals surface area contributed by atoms with E-state index < -0.39 is 67.4 Å². The fourth-order valence-electron chi connectivity index (χ4n) is 10.2. The van der Waals surface area contributed by atoms with Crippen LogP contribution in [0.1, 0.15) is 284 Å². The average Bonchev–Trinajstić information content (AvgIpc) is 2.90. The maximum absolute atomic E-state index is 13.5. The van der Waals surface area contributed by atoms with Crippen LogP contribution in [-0.2, 0) is 23.8 Å². The van der Waals surface area contributed by atoms with E-state index in [0.717, 1.165) is 109 Å². The molecule has 0 aromatic carbocycles. The maximum atomic E-state index is 13.5. The number of aliphatic hydroxyl groups is 5. The molecule has 1 heterocycles. The third-order valence-electron chi connectivity index (χ3n) is 15.7. The number of nitrogens with one attached hydrogen (secondary N) is 1. The molecule has 8 atom stereocenters. The van der Waals surface area contributed by atoms with E-state index in [9.17, 15) is 35.1 Å². The molecular weight excluding hydrogens is 1060 g/mol. The van der Waals surface area contributed by atoms with Gasteiger partial charge in [-0.25, -0.2) is 0 Å². The zero-order valence-corrected chi connectivity index (χ0v) is 54.2. The van der Waals surface area contributed by atoms with Crippen LogP contribution < -0.4 is 5.32 Å². The van der Waals surface area contributed by atoms with Gasteiger partial charge < -0.3 is 45.1 Å². The van der Waals surface area contributed by atoms with Crippen molar-refractivity contribution >= 4 is 11.9 Å². The molecule has 1 amide bonds. The number of allylic oxidation sites excluding steroid dienone is 17. The predicted molar refractivity (Wildman–Crippen MR) is 356 cm³/mol. The molecule has 8 unspecified atom stereocenters. The lowest BCUT2D eigenvalue weighted by molar-refractivity contribution is -0.305. The van der Waals surface area contributed by atoms with Crippen LogP contribution >= 0.6 is 0 Å². The fourth-order valence-corrected chi connectivity index (χ4v) is 10.2. The SMILES string of the molecule is CC/C=C\C/C=C\C/C=C\C/C=C\C/C=C\CCCCCC(=O)OC1C(OCC(NC(=O)C(O)CCCCCCCCCCCCCCC/C=C\C/C=C\C/C=C\CCCCC)C(O)/C=C/CCCCCCCCCCC)OC(CO)C(O)C1O. The number of hydrogen-bond acceptors (Lipinski definition) is 10. The molecule has 85 heavy (non-hydrogen) atoms. The maximum Gasteiger partial charge on any atom is 0.306 e. The Hall–Kier alpha value is -3.68. The molecule has 0 aliphatic carbocycles. The molecule has 1 fully saturated rings. The number of carbonyl (C=O) groups excluding carboxylic acids is 2. The molecule has 1 rings (SSSR count). The second kappa shape index (κ2) is 60.6. The Balaban J connectivity index is 2.58. The lowest BCUT2D eigenvalue weighted by atomic mass is 9.99. The Morgan fingerprint density at radius 3 is 1.29 bits per heavy atom. The summed E-state index contributed by atoms with van der Waals surface area (Å²) in [5, 5.41) is 57.1. The summed E-state index contributed by atoms with van der Waals surface area (Å²) in [6.07, 6.45) is 72.7. The van der Waals surface area contributed by atoms with Gasteiger partial charge in [-0.3, -0.25) is 9.59 Å². The number of unbranched alkanes of at least 4 members (excludes halogenated alkanes) is 28. The number of hydrogen-bond donors (Lipinski definition) is 6. The van der Waals surface area contributed by atoms with E-state index in [0.29, 0.717) is 12.8 Å². The van der Waals surface area contributed by atoms with Gasteiger partial charge in [-0.1, -0.05) is 278 Å². The Labute approximate surface area is 519 Å². The zero-order chi connectivity index (χ0) is 61.7. The van der Waals surface area contributed by atoms with Crippen molar-refractivity contribution in [3.63, 3.8) is 0 Å². The minimum absolute atomic E-state index is 0.0799. The van der Waals surface area contributed by atoms with Crippen LogP contribution in [0, 0.1) is 0 Å². The molecule has 11 nitrogen and oxygen atoms in total. The molecule has 0 aromatic heterocycles. The number of rotatable bonds is 58. The first kappa shape index (κ1) is 79.3. The normalized spacial score (nSPS) is 19.1. The molecule has 11 heteroatoms. The van der Waals surface area contributed by atoms with Crippen molar-refractivity contribution in [3.05, 3.63) is 109 Å². The summed E-state index contributed by atoms with van der Waals surface area (Å²) in [6.45, 7) is 5.63. The third kappa shape index (κ3) is 48.0. The van der Waals surface area contributed by atoms with E-state index in [2.05, 4.69) is 123 Å². The Kier molecular flexibility index (Phi) is 56.6. The van der Waals surface area contributed by atoms with Crippen LogP contribution in [0.2, 0.25) is 0 Å². The number of amides is 1. The van der Waals surface area contributed by atoms with Gasteiger partial charge in [0, 0.05) is 6.42 Å². The van der Waals surface area contributed by atoms with E-state index in [1.807, 2.05) is 6.08 Å². The summed E-state index contributed by atoms with van der Waals surface area (Å²) in [5.74, 6) is -1.23. The second-order valence-electron chi connectivity index (χ2n) is 23.5. The summed E-state index contributed by atoms with van der Waals surface area (Å²) in [4.78, 5) is 26.6. The van der Waals surface area contributed by atoms with Crippen LogP contribution in [0.3, 0.4) is 0 Å². The monoisotopic (exact) mass is 1190 g/mol. The summed E-state index contributed by atoms with van der Waals surface area (Å²) in [7, 11) is 0. The molecule has 1 aliphatic rings. The first-order valence-corrected chi connectivity index (χ1v) is 34.7. The summed E-state index contributed by atoms with van der Waals surface area (Å²) in [6, 6.07) is -1.04. The van der Waals surface area contributed by atoms with E-state index >= 15 is 0 Å². The van der Waals surface area contributed by atoms with Crippen molar-refractivity contribution in [2.24, 2.45) is 0 Å². The second-order valence-corrected chi connectivity index (χ2v) is 23.5. The average molecular weight is 1190 g/mol. The van der Waals surface area contributed by atoms with Gasteiger partial charge in [0.2, 0.25) is 5.91 Å². The highest BCUT2D eigenvalue weighted by Crippen LogP contribution is 2.26. The van der Waals surface area contributed by atoms with Crippen LogP contribution in [0.25, 0.3) is 0 Å². The molecule has 1 saturated heterocycles. The van der Waals surface area contributed by atoms with Crippen LogP contribution in [-0.4, -0.2) is 99.6 Å². The van der Waals surface area contributed by atoms with E-state index in [-0.39, 0.29) is 19.4 Å². The number of carbonyl (C=O) groups is 2. The van der Waals surface area contributed by atoms with Crippen LogP contribution in [0.4, 0.5) is 0 Å². The lowest BCUT2D eigenvalue weighted by Crippen LogP contribution is -2.61. The van der Waals surface area contributed by atoms with Crippen molar-refractivity contribution in [1.29, 1.82) is 0 Å². The van der Waals surface area contributed by atoms with Gasteiger partial charge in [0.15, 0.2) is 12.4 Å². The summed E-state index contributed by atoms with van der Waals surface area (Å²) < 4.78 is 17.6. The van der Waals surface area contributed by atoms with E-state index in [1.165, 1.54) is 128 Å². The first-order valence-electron chi connectivity index (χ1n) is 34.7. The van der Waals surface area contributed by atoms with E-state index in [4.69, 9.17) is 14.2 Å². The van der Waals surface area contributed by atoms with Gasteiger partial charge in [-0.2, -0.15) is 0 Å². The van der Waals surface area contributed by atoms with Crippen molar-refractivity contribution in [2.75, 3.05) is 13.2 Å².